The Morgan fingerprint density at radius 1 is 0.780 bits per heavy atom. The summed E-state index contributed by atoms with van der Waals surface area (Å²) in [7, 11) is -3.25. The lowest BCUT2D eigenvalue weighted by atomic mass is 9.89. The summed E-state index contributed by atoms with van der Waals surface area (Å²) in [6.07, 6.45) is 6.14. The third-order valence-corrected chi connectivity index (χ3v) is 17.1. The molecule has 41 heavy (non-hydrogen) atoms. The van der Waals surface area contributed by atoms with Gasteiger partial charge in [0.1, 0.15) is 0 Å². The quantitative estimate of drug-likeness (QED) is 0.0845. The van der Waals surface area contributed by atoms with Crippen molar-refractivity contribution in [2.75, 3.05) is 46.6 Å². The van der Waals surface area contributed by atoms with Crippen molar-refractivity contribution < 1.29 is 24.2 Å². The molecule has 0 radical (unpaired) electrons. The number of nitrogens with two attached hydrogens (primary N) is 1. The highest BCUT2D eigenvalue weighted by molar-refractivity contribution is 6.87. The molecule has 0 amide bonds. The van der Waals surface area contributed by atoms with E-state index in [0.29, 0.717) is 19.8 Å². The van der Waals surface area contributed by atoms with Crippen LogP contribution in [-0.4, -0.2) is 83.0 Å². The van der Waals surface area contributed by atoms with E-state index in [-0.39, 0.29) is 42.7 Å². The predicted molar refractivity (Wildman–Crippen MR) is 197 cm³/mol. The normalized spacial score (nSPS) is 12.5. The maximum Gasteiger partial charge on any atom is 0.311 e. The first-order valence-electron chi connectivity index (χ1n) is 14.6. The van der Waals surface area contributed by atoms with E-state index in [1.807, 2.05) is 7.05 Å². The Kier molecular flexibility index (Phi) is 38.3. The number of ether oxygens (including phenoxy) is 2. The zero-order valence-corrected chi connectivity index (χ0v) is 29.6. The van der Waals surface area contributed by atoms with Crippen LogP contribution in [0.2, 0.25) is 51.4 Å². The van der Waals surface area contributed by atoms with Gasteiger partial charge in [-0.1, -0.05) is 70.2 Å². The first-order chi connectivity index (χ1) is 17.0. The Labute approximate surface area is 265 Å². The highest BCUT2D eigenvalue weighted by Crippen LogP contribution is 2.26. The molecule has 0 aliphatic heterocycles. The summed E-state index contributed by atoms with van der Waals surface area (Å²) in [5.41, 5.74) is 5.74. The molecule has 7 nitrogen and oxygen atoms in total. The summed E-state index contributed by atoms with van der Waals surface area (Å²) >= 11 is 0. The van der Waals surface area contributed by atoms with Crippen LogP contribution in [0.15, 0.2) is 0 Å². The molecule has 0 spiro atoms. The van der Waals surface area contributed by atoms with Crippen molar-refractivity contribution in [3.63, 3.8) is 0 Å². The minimum Gasteiger partial charge on any atom is -0.437 e. The Morgan fingerprint density at radius 2 is 1.27 bits per heavy atom. The zero-order chi connectivity index (χ0) is 29.0. The van der Waals surface area contributed by atoms with E-state index in [9.17, 15) is 5.11 Å². The average Bonchev–Trinajstić information content (AvgIpc) is 2.70. The largest absolute Gasteiger partial charge is 0.437 e. The van der Waals surface area contributed by atoms with Gasteiger partial charge in [0.15, 0.2) is 16.6 Å². The van der Waals surface area contributed by atoms with Gasteiger partial charge in [0.25, 0.3) is 0 Å². The summed E-state index contributed by atoms with van der Waals surface area (Å²) in [5, 5.41) is 12.9. The van der Waals surface area contributed by atoms with Crippen LogP contribution < -0.4 is 11.1 Å². The van der Waals surface area contributed by atoms with Gasteiger partial charge in [-0.25, -0.2) is 0 Å². The van der Waals surface area contributed by atoms with Crippen LogP contribution in [0.3, 0.4) is 0 Å². The molecule has 0 saturated heterocycles. The summed E-state index contributed by atoms with van der Waals surface area (Å²) in [6, 6.07) is 2.38. The molecule has 260 valence electrons. The van der Waals surface area contributed by atoms with E-state index in [2.05, 4.69) is 72.3 Å². The van der Waals surface area contributed by atoms with Crippen molar-refractivity contribution in [1.29, 1.82) is 0 Å². The summed E-state index contributed by atoms with van der Waals surface area (Å²) in [6.45, 7) is 26.5. The minimum absolute atomic E-state index is 0. The Hall–Kier alpha value is 0.371. The van der Waals surface area contributed by atoms with Gasteiger partial charge in [0.2, 0.25) is 0 Å². The van der Waals surface area contributed by atoms with Crippen molar-refractivity contribution in [2.24, 2.45) is 11.1 Å². The number of aliphatic hydroxyl groups excluding tert-OH is 1. The molecule has 0 aliphatic carbocycles. The van der Waals surface area contributed by atoms with Gasteiger partial charge in [0, 0.05) is 8.03 Å². The number of rotatable bonds is 21. The second-order valence-electron chi connectivity index (χ2n) is 13.0. The molecule has 1 atom stereocenters. The maximum atomic E-state index is 9.66. The molecule has 0 aromatic carbocycles. The van der Waals surface area contributed by atoms with Gasteiger partial charge in [-0.15, -0.1) is 0 Å². The molecular weight excluding hydrogens is 565 g/mol. The molecule has 1 unspecified atom stereocenters. The maximum absolute atomic E-state index is 9.66. The molecule has 0 bridgehead atoms. The molecular formula is C31H84N2O5Si3. The second kappa shape index (κ2) is 29.1. The molecule has 0 aliphatic rings. The molecule has 0 saturated carbocycles. The second-order valence-corrected chi connectivity index (χ2v) is 25.5. The molecule has 0 fully saturated rings. The van der Waals surface area contributed by atoms with Gasteiger partial charge >= 0.3 is 8.56 Å². The SMILES string of the molecule is C.C.C.C.CCCCOCCOCC(O)CC(C)(C)C.CNCCC[Si](C)(C)O[Si](C)(C)O[Si](C)(C)CCCCN.[HH]. The lowest BCUT2D eigenvalue weighted by Crippen LogP contribution is -2.52. The smallest absolute Gasteiger partial charge is 0.311 e. The standard InChI is InChI=1S/C14H38N2O2Si3.C13H28O3.4CH4.H2/c1-16-12-10-14-20(4,5)18-21(6,7)17-19(2,3)13-9-8-11-15;1-5-6-7-15-8-9-16-11-12(14)10-13(2,3)4;;;;;/h16H,8-15H2,1-7H3;12,14H,5-11H2,1-4H3;4*1H4;1H. The Balaban J connectivity index is -0.000000107. The van der Waals surface area contributed by atoms with Crippen LogP contribution in [0.1, 0.15) is 97.4 Å². The van der Waals surface area contributed by atoms with E-state index in [1.54, 1.807) is 0 Å². The van der Waals surface area contributed by atoms with Crippen molar-refractivity contribution in [3.05, 3.63) is 0 Å². The van der Waals surface area contributed by atoms with E-state index in [0.717, 1.165) is 45.4 Å². The third kappa shape index (κ3) is 40.4. The van der Waals surface area contributed by atoms with Gasteiger partial charge in [-0.3, -0.25) is 0 Å². The van der Waals surface area contributed by atoms with E-state index >= 15 is 0 Å². The first kappa shape index (κ1) is 53.9. The molecule has 0 heterocycles. The van der Waals surface area contributed by atoms with E-state index in [1.165, 1.54) is 24.9 Å². The highest BCUT2D eigenvalue weighted by atomic mass is 28.5. The zero-order valence-electron chi connectivity index (χ0n) is 26.6. The lowest BCUT2D eigenvalue weighted by molar-refractivity contribution is -0.00868. The molecule has 0 aromatic rings. The fraction of sp³-hybridized carbons (Fsp3) is 1.00. The number of unbranched alkanes of at least 4 members (excludes halogenated alkanes) is 2. The summed E-state index contributed by atoms with van der Waals surface area (Å²) < 4.78 is 23.8. The first-order valence-corrected chi connectivity index (χ1v) is 23.6. The monoisotopic (exact) mass is 649 g/mol. The summed E-state index contributed by atoms with van der Waals surface area (Å²) in [5.74, 6) is 0. The topological polar surface area (TPSA) is 95.2 Å². The lowest BCUT2D eigenvalue weighted by Gasteiger charge is -2.38. The molecule has 0 rings (SSSR count). The van der Waals surface area contributed by atoms with Crippen LogP contribution in [0.5, 0.6) is 0 Å². The van der Waals surface area contributed by atoms with E-state index in [4.69, 9.17) is 23.4 Å². The van der Waals surface area contributed by atoms with E-state index < -0.39 is 25.2 Å². The van der Waals surface area contributed by atoms with Gasteiger partial charge in [-0.2, -0.15) is 0 Å². The molecule has 0 aromatic heterocycles. The average molecular weight is 649 g/mol. The van der Waals surface area contributed by atoms with Crippen molar-refractivity contribution in [2.45, 2.75) is 153 Å². The van der Waals surface area contributed by atoms with Crippen molar-refractivity contribution >= 4 is 25.2 Å². The minimum atomic E-state index is -2.02. The van der Waals surface area contributed by atoms with Crippen LogP contribution in [0, 0.1) is 5.41 Å². The van der Waals surface area contributed by atoms with Gasteiger partial charge in [-0.05, 0) is 103 Å². The van der Waals surface area contributed by atoms with Crippen LogP contribution in [-0.2, 0) is 17.7 Å². The van der Waals surface area contributed by atoms with Crippen LogP contribution in [0.4, 0.5) is 0 Å². The van der Waals surface area contributed by atoms with Gasteiger partial charge < -0.3 is 33.9 Å². The van der Waals surface area contributed by atoms with Crippen LogP contribution >= 0.6 is 0 Å². The summed E-state index contributed by atoms with van der Waals surface area (Å²) in [4.78, 5) is 0. The molecule has 10 heteroatoms. The predicted octanol–water partition coefficient (Wildman–Crippen LogP) is 8.89. The van der Waals surface area contributed by atoms with Crippen LogP contribution in [0.25, 0.3) is 0 Å². The fourth-order valence-electron chi connectivity index (χ4n) is 4.29. The Bertz CT molecular complexity index is 515. The Morgan fingerprint density at radius 3 is 1.71 bits per heavy atom. The number of hydrogen-bond acceptors (Lipinski definition) is 7. The molecule has 4 N–H and O–H groups in total. The number of nitrogens with one attached hydrogen (secondary N) is 1. The number of aliphatic hydroxyl groups is 1. The third-order valence-electron chi connectivity index (χ3n) is 5.66. The fourth-order valence-corrected chi connectivity index (χ4v) is 18.4. The van der Waals surface area contributed by atoms with Gasteiger partial charge in [0.05, 0.1) is 25.9 Å². The number of hydrogen-bond donors (Lipinski definition) is 3. The highest BCUT2D eigenvalue weighted by Gasteiger charge is 2.39. The van der Waals surface area contributed by atoms with Crippen molar-refractivity contribution in [3.8, 4) is 0 Å². The van der Waals surface area contributed by atoms with Crippen molar-refractivity contribution in [1.82, 2.24) is 5.32 Å².